The van der Waals surface area contributed by atoms with Gasteiger partial charge in [0.05, 0.1) is 18.9 Å². The van der Waals surface area contributed by atoms with Gasteiger partial charge in [-0.15, -0.1) is 0 Å². The molecule has 0 saturated carbocycles. The molecule has 2 aromatic rings. The standard InChI is InChI=1S/C19H19N3O5S/c1-3-25-15-7-5-6-12(17(15)27-11-16(23)26-4-2)8-9-14-13(10-20)18(24)22-19(28)21-14/h5-9H,3-4,11H2,1-2H3,(H2,21,22,24,28)/b9-8+. The van der Waals surface area contributed by atoms with Crippen LogP contribution in [0.15, 0.2) is 23.0 Å². The first-order valence-electron chi connectivity index (χ1n) is 8.49. The van der Waals surface area contributed by atoms with Crippen LogP contribution in [0, 0.1) is 16.1 Å². The predicted molar refractivity (Wildman–Crippen MR) is 106 cm³/mol. The Bertz CT molecular complexity index is 1030. The highest BCUT2D eigenvalue weighted by Crippen LogP contribution is 2.32. The van der Waals surface area contributed by atoms with E-state index in [1.165, 1.54) is 6.08 Å². The third-order valence-electron chi connectivity index (χ3n) is 3.46. The van der Waals surface area contributed by atoms with Crippen molar-refractivity contribution >= 4 is 30.3 Å². The Morgan fingerprint density at radius 2 is 2.00 bits per heavy atom. The van der Waals surface area contributed by atoms with Gasteiger partial charge < -0.3 is 19.2 Å². The number of hydrogen-bond donors (Lipinski definition) is 2. The summed E-state index contributed by atoms with van der Waals surface area (Å²) in [5.74, 6) is 0.290. The molecule has 2 rings (SSSR count). The largest absolute Gasteiger partial charge is 0.490 e. The molecule has 0 unspecified atom stereocenters. The van der Waals surface area contributed by atoms with E-state index in [9.17, 15) is 14.9 Å². The van der Waals surface area contributed by atoms with E-state index in [0.29, 0.717) is 23.7 Å². The van der Waals surface area contributed by atoms with Crippen molar-refractivity contribution in [3.8, 4) is 17.6 Å². The first kappa shape index (κ1) is 20.9. The minimum Gasteiger partial charge on any atom is -0.490 e. The lowest BCUT2D eigenvalue weighted by Gasteiger charge is -2.14. The van der Waals surface area contributed by atoms with Crippen LogP contribution in [0.4, 0.5) is 0 Å². The van der Waals surface area contributed by atoms with E-state index in [0.717, 1.165) is 0 Å². The topological polar surface area (TPSA) is 117 Å². The fraction of sp³-hybridized carbons (Fsp3) is 0.263. The molecule has 1 aromatic carbocycles. The first-order chi connectivity index (χ1) is 13.5. The molecule has 0 atom stereocenters. The molecule has 9 heteroatoms. The second-order valence-electron chi connectivity index (χ2n) is 5.34. The van der Waals surface area contributed by atoms with Crippen LogP contribution in [-0.4, -0.2) is 35.8 Å². The summed E-state index contributed by atoms with van der Waals surface area (Å²) in [4.78, 5) is 28.6. The highest BCUT2D eigenvalue weighted by molar-refractivity contribution is 7.71. The molecule has 0 radical (unpaired) electrons. The molecule has 1 aromatic heterocycles. The van der Waals surface area contributed by atoms with Crippen LogP contribution in [0.2, 0.25) is 0 Å². The van der Waals surface area contributed by atoms with Crippen molar-refractivity contribution < 1.29 is 19.0 Å². The van der Waals surface area contributed by atoms with Crippen molar-refractivity contribution in [1.29, 1.82) is 5.26 Å². The van der Waals surface area contributed by atoms with Gasteiger partial charge in [-0.3, -0.25) is 9.78 Å². The number of carbonyl (C=O) groups excluding carboxylic acids is 1. The summed E-state index contributed by atoms with van der Waals surface area (Å²) >= 11 is 4.95. The van der Waals surface area contributed by atoms with E-state index >= 15 is 0 Å². The second kappa shape index (κ2) is 10.1. The van der Waals surface area contributed by atoms with E-state index < -0.39 is 11.5 Å². The third-order valence-corrected chi connectivity index (χ3v) is 3.67. The van der Waals surface area contributed by atoms with Crippen LogP contribution in [0.5, 0.6) is 11.5 Å². The molecule has 28 heavy (non-hydrogen) atoms. The van der Waals surface area contributed by atoms with Gasteiger partial charge in [0.1, 0.15) is 11.6 Å². The van der Waals surface area contributed by atoms with Crippen LogP contribution < -0.4 is 15.0 Å². The fourth-order valence-corrected chi connectivity index (χ4v) is 2.54. The third kappa shape index (κ3) is 5.31. The maximum Gasteiger partial charge on any atom is 0.344 e. The number of para-hydroxylation sites is 1. The Kier molecular flexibility index (Phi) is 7.54. The van der Waals surface area contributed by atoms with Crippen molar-refractivity contribution in [2.24, 2.45) is 0 Å². The Labute approximate surface area is 166 Å². The van der Waals surface area contributed by atoms with E-state index in [1.807, 2.05) is 13.0 Å². The van der Waals surface area contributed by atoms with Crippen molar-refractivity contribution in [1.82, 2.24) is 9.97 Å². The zero-order valence-electron chi connectivity index (χ0n) is 15.4. The zero-order chi connectivity index (χ0) is 20.5. The lowest BCUT2D eigenvalue weighted by atomic mass is 10.1. The minimum absolute atomic E-state index is 0.0974. The summed E-state index contributed by atoms with van der Waals surface area (Å²) in [7, 11) is 0. The van der Waals surface area contributed by atoms with Gasteiger partial charge in [0.15, 0.2) is 22.9 Å². The number of nitrogens with zero attached hydrogens (tertiary/aromatic N) is 1. The molecule has 0 bridgehead atoms. The summed E-state index contributed by atoms with van der Waals surface area (Å²) in [6.45, 7) is 3.91. The normalized spacial score (nSPS) is 10.5. The summed E-state index contributed by atoms with van der Waals surface area (Å²) in [6.07, 6.45) is 3.16. The first-order valence-corrected chi connectivity index (χ1v) is 8.90. The van der Waals surface area contributed by atoms with Crippen molar-refractivity contribution in [2.45, 2.75) is 13.8 Å². The maximum absolute atomic E-state index is 11.9. The van der Waals surface area contributed by atoms with Gasteiger partial charge in [-0.1, -0.05) is 12.1 Å². The van der Waals surface area contributed by atoms with E-state index in [4.69, 9.17) is 26.4 Å². The number of hydrogen-bond acceptors (Lipinski definition) is 7. The molecule has 0 saturated heterocycles. The average molecular weight is 401 g/mol. The Balaban J connectivity index is 2.43. The molecule has 0 fully saturated rings. The molecular formula is C19H19N3O5S. The Morgan fingerprint density at radius 3 is 2.68 bits per heavy atom. The quantitative estimate of drug-likeness (QED) is 0.516. The highest BCUT2D eigenvalue weighted by Gasteiger charge is 2.13. The van der Waals surface area contributed by atoms with Gasteiger partial charge in [0.25, 0.3) is 5.56 Å². The van der Waals surface area contributed by atoms with Crippen molar-refractivity contribution in [3.05, 3.63) is 50.1 Å². The number of rotatable bonds is 8. The predicted octanol–water partition coefficient (Wildman–Crippen LogP) is 2.82. The Hall–Kier alpha value is -3.38. The number of aromatic nitrogens is 2. The zero-order valence-corrected chi connectivity index (χ0v) is 16.2. The van der Waals surface area contributed by atoms with Gasteiger partial charge in [-0.25, -0.2) is 4.79 Å². The molecule has 2 N–H and O–H groups in total. The van der Waals surface area contributed by atoms with Crippen LogP contribution in [0.3, 0.4) is 0 Å². The van der Waals surface area contributed by atoms with Crippen molar-refractivity contribution in [2.75, 3.05) is 19.8 Å². The minimum atomic E-state index is -0.576. The summed E-state index contributed by atoms with van der Waals surface area (Å²) in [5, 5.41) is 9.20. The number of nitrogens with one attached hydrogen (secondary N) is 2. The molecular weight excluding hydrogens is 382 g/mol. The molecule has 0 aliphatic heterocycles. The fourth-order valence-electron chi connectivity index (χ4n) is 2.33. The summed E-state index contributed by atoms with van der Waals surface area (Å²) in [6, 6.07) is 7.05. The Morgan fingerprint density at radius 1 is 1.21 bits per heavy atom. The number of aromatic amines is 2. The highest BCUT2D eigenvalue weighted by atomic mass is 32.1. The smallest absolute Gasteiger partial charge is 0.344 e. The van der Waals surface area contributed by atoms with E-state index in [2.05, 4.69) is 9.97 Å². The van der Waals surface area contributed by atoms with Crippen LogP contribution >= 0.6 is 12.2 Å². The number of nitriles is 1. The number of esters is 1. The number of carbonyl (C=O) groups is 1. The second-order valence-corrected chi connectivity index (χ2v) is 5.75. The lowest BCUT2D eigenvalue weighted by Crippen LogP contribution is -2.15. The summed E-state index contributed by atoms with van der Waals surface area (Å²) in [5.41, 5.74) is 0.167. The molecule has 8 nitrogen and oxygen atoms in total. The van der Waals surface area contributed by atoms with Gasteiger partial charge in [-0.2, -0.15) is 5.26 Å². The van der Waals surface area contributed by atoms with Gasteiger partial charge in [0, 0.05) is 5.56 Å². The monoisotopic (exact) mass is 401 g/mol. The van der Waals surface area contributed by atoms with Crippen LogP contribution in [0.1, 0.15) is 30.7 Å². The molecule has 0 aliphatic carbocycles. The van der Waals surface area contributed by atoms with Crippen LogP contribution in [0.25, 0.3) is 12.2 Å². The van der Waals surface area contributed by atoms with E-state index in [1.54, 1.807) is 31.2 Å². The summed E-state index contributed by atoms with van der Waals surface area (Å²) < 4.78 is 16.2. The van der Waals surface area contributed by atoms with Crippen LogP contribution in [-0.2, 0) is 9.53 Å². The number of ether oxygens (including phenoxy) is 3. The van der Waals surface area contributed by atoms with Crippen molar-refractivity contribution in [3.63, 3.8) is 0 Å². The maximum atomic E-state index is 11.9. The average Bonchev–Trinajstić information content (AvgIpc) is 2.65. The van der Waals surface area contributed by atoms with E-state index in [-0.39, 0.29) is 29.2 Å². The molecule has 0 amide bonds. The number of benzene rings is 1. The SMILES string of the molecule is CCOC(=O)COc1c(/C=C/c2[nH]c(=S)[nH]c(=O)c2C#N)cccc1OCC. The van der Waals surface area contributed by atoms with Gasteiger partial charge >= 0.3 is 5.97 Å². The molecule has 0 aliphatic rings. The molecule has 0 spiro atoms. The molecule has 1 heterocycles. The van der Waals surface area contributed by atoms with Gasteiger partial charge in [-0.05, 0) is 44.3 Å². The van der Waals surface area contributed by atoms with Gasteiger partial charge in [0.2, 0.25) is 0 Å². The lowest BCUT2D eigenvalue weighted by molar-refractivity contribution is -0.145. The number of H-pyrrole nitrogens is 2. The molecule has 146 valence electrons.